The lowest BCUT2D eigenvalue weighted by Crippen LogP contribution is -2.70. The molecule has 0 aromatic heterocycles. The standard InChI is InChI=1S/C29H38O7/c1-15(30)35-24-22(32)23-26(2,3)20(31)11-13-28(23,5)19-10-12-27(4)17(8-9-18(27)29(19,24)6)16-14-21(34-7)36-25(16)33/h9,11,13-14,17,19,21-24,32H,8,10,12H2,1-7H3. The van der Waals surface area contributed by atoms with Crippen molar-refractivity contribution in [1.82, 2.24) is 0 Å². The van der Waals surface area contributed by atoms with Crippen LogP contribution in [0, 0.1) is 39.4 Å². The van der Waals surface area contributed by atoms with Crippen LogP contribution in [0.25, 0.3) is 0 Å². The lowest BCUT2D eigenvalue weighted by atomic mass is 9.37. The van der Waals surface area contributed by atoms with Crippen LogP contribution in [0.2, 0.25) is 0 Å². The van der Waals surface area contributed by atoms with Crippen LogP contribution in [0.5, 0.6) is 0 Å². The van der Waals surface area contributed by atoms with Crippen molar-refractivity contribution in [3.05, 3.63) is 35.5 Å². The monoisotopic (exact) mass is 498 g/mol. The van der Waals surface area contributed by atoms with Crippen molar-refractivity contribution in [3.63, 3.8) is 0 Å². The summed E-state index contributed by atoms with van der Waals surface area (Å²) in [4.78, 5) is 38.1. The second-order valence-electron chi connectivity index (χ2n) is 12.6. The fourth-order valence-corrected chi connectivity index (χ4v) is 9.10. The first kappa shape index (κ1) is 25.4. The molecule has 0 aromatic rings. The lowest BCUT2D eigenvalue weighted by Gasteiger charge is -2.67. The molecule has 9 unspecified atom stereocenters. The van der Waals surface area contributed by atoms with Gasteiger partial charge in [-0.25, -0.2) is 4.79 Å². The van der Waals surface area contributed by atoms with Crippen LogP contribution in [0.4, 0.5) is 0 Å². The van der Waals surface area contributed by atoms with Gasteiger partial charge in [-0.05, 0) is 48.2 Å². The predicted octanol–water partition coefficient (Wildman–Crippen LogP) is 3.90. The van der Waals surface area contributed by atoms with Gasteiger partial charge in [-0.2, -0.15) is 0 Å². The summed E-state index contributed by atoms with van der Waals surface area (Å²) in [6.45, 7) is 11.6. The van der Waals surface area contributed by atoms with E-state index in [4.69, 9.17) is 14.2 Å². The van der Waals surface area contributed by atoms with Gasteiger partial charge in [0.25, 0.3) is 0 Å². The highest BCUT2D eigenvalue weighted by Crippen LogP contribution is 2.72. The molecule has 0 radical (unpaired) electrons. The first-order chi connectivity index (χ1) is 16.7. The number of carbonyl (C=O) groups excluding carboxylic acids is 3. The molecule has 5 aliphatic rings. The zero-order chi connectivity index (χ0) is 26.4. The minimum Gasteiger partial charge on any atom is -0.459 e. The Labute approximate surface area is 212 Å². The Morgan fingerprint density at radius 1 is 1.17 bits per heavy atom. The van der Waals surface area contributed by atoms with Crippen LogP contribution in [-0.4, -0.2) is 48.4 Å². The normalized spacial score (nSPS) is 46.8. The maximum atomic E-state index is 13.0. The van der Waals surface area contributed by atoms with Gasteiger partial charge in [0, 0.05) is 42.3 Å². The maximum Gasteiger partial charge on any atom is 0.336 e. The zero-order valence-electron chi connectivity index (χ0n) is 22.3. The van der Waals surface area contributed by atoms with E-state index >= 15 is 0 Å². The number of allylic oxidation sites excluding steroid dienone is 3. The Morgan fingerprint density at radius 3 is 2.47 bits per heavy atom. The number of hydrogen-bond donors (Lipinski definition) is 1. The molecule has 1 N–H and O–H groups in total. The van der Waals surface area contributed by atoms with Gasteiger partial charge in [-0.15, -0.1) is 0 Å². The number of ketones is 1. The van der Waals surface area contributed by atoms with Crippen LogP contribution in [-0.2, 0) is 28.6 Å². The van der Waals surface area contributed by atoms with E-state index in [1.54, 1.807) is 12.2 Å². The fraction of sp³-hybridized carbons (Fsp3) is 0.690. The SMILES string of the molecule is COC1C=C(C2CC=C3C2(C)CCC2C4(C)C=CC(=O)C(C)(C)C4C(O)C(OC(C)=O)C32C)C(=O)O1. The van der Waals surface area contributed by atoms with Crippen molar-refractivity contribution in [3.8, 4) is 0 Å². The summed E-state index contributed by atoms with van der Waals surface area (Å²) in [5.41, 5.74) is -0.573. The van der Waals surface area contributed by atoms with Crippen LogP contribution in [0.15, 0.2) is 35.5 Å². The fourth-order valence-electron chi connectivity index (χ4n) is 9.10. The highest BCUT2D eigenvalue weighted by molar-refractivity contribution is 5.96. The third-order valence-electron chi connectivity index (χ3n) is 10.5. The summed E-state index contributed by atoms with van der Waals surface area (Å²) in [6.07, 6.45) is 7.44. The van der Waals surface area contributed by atoms with E-state index in [2.05, 4.69) is 26.8 Å². The molecular formula is C29H38O7. The first-order valence-electron chi connectivity index (χ1n) is 13.0. The topological polar surface area (TPSA) is 99.1 Å². The molecule has 0 bridgehead atoms. The first-order valence-corrected chi connectivity index (χ1v) is 13.0. The van der Waals surface area contributed by atoms with E-state index in [0.29, 0.717) is 12.0 Å². The van der Waals surface area contributed by atoms with Gasteiger partial charge in [0.2, 0.25) is 6.29 Å². The van der Waals surface area contributed by atoms with E-state index in [9.17, 15) is 19.5 Å². The van der Waals surface area contributed by atoms with Crippen molar-refractivity contribution >= 4 is 17.7 Å². The van der Waals surface area contributed by atoms with Crippen molar-refractivity contribution in [1.29, 1.82) is 0 Å². The molecule has 2 saturated carbocycles. The average molecular weight is 499 g/mol. The molecule has 0 spiro atoms. The molecular weight excluding hydrogens is 460 g/mol. The Hall–Kier alpha value is -2.25. The summed E-state index contributed by atoms with van der Waals surface area (Å²) in [5, 5.41) is 11.9. The van der Waals surface area contributed by atoms with E-state index in [-0.39, 0.29) is 29.0 Å². The quantitative estimate of drug-likeness (QED) is 0.465. The molecule has 2 fully saturated rings. The number of rotatable bonds is 3. The van der Waals surface area contributed by atoms with Crippen molar-refractivity contribution in [2.24, 2.45) is 39.4 Å². The summed E-state index contributed by atoms with van der Waals surface area (Å²) in [6, 6.07) is 0. The third kappa shape index (κ3) is 3.08. The lowest BCUT2D eigenvalue weighted by molar-refractivity contribution is -0.228. The Kier molecular flexibility index (Phi) is 5.56. The molecule has 7 heteroatoms. The largest absolute Gasteiger partial charge is 0.459 e. The molecule has 0 aromatic carbocycles. The van der Waals surface area contributed by atoms with E-state index in [1.165, 1.54) is 14.0 Å². The Balaban J connectivity index is 1.64. The third-order valence-corrected chi connectivity index (χ3v) is 10.5. The molecule has 0 saturated heterocycles. The average Bonchev–Trinajstić information content (AvgIpc) is 3.33. The van der Waals surface area contributed by atoms with Gasteiger partial charge in [-0.1, -0.05) is 52.3 Å². The molecule has 0 amide bonds. The summed E-state index contributed by atoms with van der Waals surface area (Å²) < 4.78 is 16.6. The molecule has 196 valence electrons. The predicted molar refractivity (Wildman–Crippen MR) is 131 cm³/mol. The Bertz CT molecular complexity index is 1110. The highest BCUT2D eigenvalue weighted by Gasteiger charge is 2.71. The number of ether oxygens (including phenoxy) is 3. The van der Waals surface area contributed by atoms with Crippen molar-refractivity contribution in [2.45, 2.75) is 79.3 Å². The number of cyclic esters (lactones) is 1. The van der Waals surface area contributed by atoms with Gasteiger partial charge < -0.3 is 19.3 Å². The summed E-state index contributed by atoms with van der Waals surface area (Å²) in [7, 11) is 1.51. The number of aliphatic hydroxyl groups is 1. The number of fused-ring (bicyclic) bond motifs is 5. The molecule has 1 aliphatic heterocycles. The van der Waals surface area contributed by atoms with Gasteiger partial charge in [0.1, 0.15) is 6.10 Å². The zero-order valence-corrected chi connectivity index (χ0v) is 22.3. The van der Waals surface area contributed by atoms with E-state index in [0.717, 1.165) is 18.4 Å². The number of hydrogen-bond acceptors (Lipinski definition) is 7. The summed E-state index contributed by atoms with van der Waals surface area (Å²) in [5.74, 6) is -1.28. The van der Waals surface area contributed by atoms with Crippen molar-refractivity contribution < 1.29 is 33.7 Å². The van der Waals surface area contributed by atoms with Crippen molar-refractivity contribution in [2.75, 3.05) is 7.11 Å². The number of aliphatic hydroxyl groups excluding tert-OH is 1. The molecule has 1 heterocycles. The van der Waals surface area contributed by atoms with Gasteiger partial charge >= 0.3 is 11.9 Å². The molecule has 7 nitrogen and oxygen atoms in total. The van der Waals surface area contributed by atoms with Gasteiger partial charge in [-0.3, -0.25) is 9.59 Å². The number of carbonyl (C=O) groups is 3. The van der Waals surface area contributed by atoms with E-state index < -0.39 is 46.6 Å². The van der Waals surface area contributed by atoms with Gasteiger partial charge in [0.15, 0.2) is 5.78 Å². The molecule has 36 heavy (non-hydrogen) atoms. The smallest absolute Gasteiger partial charge is 0.336 e. The molecule has 5 rings (SSSR count). The number of esters is 2. The van der Waals surface area contributed by atoms with Crippen LogP contribution < -0.4 is 0 Å². The van der Waals surface area contributed by atoms with Crippen LogP contribution in [0.1, 0.15) is 60.8 Å². The van der Waals surface area contributed by atoms with Gasteiger partial charge in [0.05, 0.1) is 6.10 Å². The Morgan fingerprint density at radius 2 is 1.86 bits per heavy atom. The number of methoxy groups -OCH3 is 1. The highest BCUT2D eigenvalue weighted by atomic mass is 16.7. The molecule has 9 atom stereocenters. The van der Waals surface area contributed by atoms with Crippen LogP contribution >= 0.6 is 0 Å². The maximum absolute atomic E-state index is 13.0. The summed E-state index contributed by atoms with van der Waals surface area (Å²) >= 11 is 0. The molecule has 4 aliphatic carbocycles. The second-order valence-corrected chi connectivity index (χ2v) is 12.6. The second kappa shape index (κ2) is 7.87. The minimum absolute atomic E-state index is 0.0191. The van der Waals surface area contributed by atoms with E-state index in [1.807, 2.05) is 19.9 Å². The minimum atomic E-state index is -1.03. The van der Waals surface area contributed by atoms with Crippen LogP contribution in [0.3, 0.4) is 0 Å².